The summed E-state index contributed by atoms with van der Waals surface area (Å²) in [6, 6.07) is 4.04. The van der Waals surface area contributed by atoms with Crippen molar-refractivity contribution in [3.8, 4) is 11.5 Å². The van der Waals surface area contributed by atoms with Gasteiger partial charge in [0.2, 0.25) is 0 Å². The number of Topliss-reactive ketones (excluding diaryl/α,β-unsaturated/α-hetero) is 1. The van der Waals surface area contributed by atoms with E-state index in [4.69, 9.17) is 9.47 Å². The molecule has 0 spiro atoms. The Morgan fingerprint density at radius 1 is 1.26 bits per heavy atom. The van der Waals surface area contributed by atoms with Crippen molar-refractivity contribution >= 4 is 16.7 Å². The maximum atomic E-state index is 11.1. The molecule has 2 heterocycles. The number of aromatic nitrogens is 1. The quantitative estimate of drug-likeness (QED) is 0.850. The number of aryl methyl sites for hydroxylation is 2. The van der Waals surface area contributed by atoms with Crippen molar-refractivity contribution in [3.05, 3.63) is 23.9 Å². The summed E-state index contributed by atoms with van der Waals surface area (Å²) < 4.78 is 13.3. The summed E-state index contributed by atoms with van der Waals surface area (Å²) in [5.74, 6) is 1.82. The van der Waals surface area contributed by atoms with Crippen LogP contribution in [-0.2, 0) is 18.3 Å². The molecule has 0 bridgehead atoms. The summed E-state index contributed by atoms with van der Waals surface area (Å²) >= 11 is 0. The minimum atomic E-state index is 0.217. The molecule has 3 rings (SSSR count). The van der Waals surface area contributed by atoms with Crippen molar-refractivity contribution < 1.29 is 14.3 Å². The number of ether oxygens (including phenoxy) is 2. The lowest BCUT2D eigenvalue weighted by molar-refractivity contribution is -0.116. The van der Waals surface area contributed by atoms with Gasteiger partial charge >= 0.3 is 0 Å². The molecule has 4 nitrogen and oxygen atoms in total. The second-order valence-corrected chi connectivity index (χ2v) is 4.98. The van der Waals surface area contributed by atoms with Gasteiger partial charge in [0.1, 0.15) is 19.0 Å². The van der Waals surface area contributed by atoms with Crippen LogP contribution in [0.5, 0.6) is 11.5 Å². The molecule has 0 fully saturated rings. The Morgan fingerprint density at radius 2 is 1.95 bits per heavy atom. The average Bonchev–Trinajstić information content (AvgIpc) is 2.70. The molecular formula is C15H17NO3. The van der Waals surface area contributed by atoms with Crippen LogP contribution in [0.2, 0.25) is 0 Å². The van der Waals surface area contributed by atoms with Gasteiger partial charge in [0.05, 0.1) is 5.52 Å². The number of hydrogen-bond acceptors (Lipinski definition) is 3. The van der Waals surface area contributed by atoms with Crippen LogP contribution in [0.4, 0.5) is 0 Å². The zero-order valence-corrected chi connectivity index (χ0v) is 11.2. The van der Waals surface area contributed by atoms with Gasteiger partial charge in [-0.15, -0.1) is 0 Å². The van der Waals surface area contributed by atoms with Crippen LogP contribution in [0.25, 0.3) is 10.9 Å². The van der Waals surface area contributed by atoms with Gasteiger partial charge in [-0.3, -0.25) is 0 Å². The van der Waals surface area contributed by atoms with Crippen molar-refractivity contribution in [2.75, 3.05) is 13.2 Å². The highest BCUT2D eigenvalue weighted by atomic mass is 16.6. The summed E-state index contributed by atoms with van der Waals surface area (Å²) in [7, 11) is 2.01. The number of carbonyl (C=O) groups is 1. The van der Waals surface area contributed by atoms with Gasteiger partial charge in [-0.1, -0.05) is 0 Å². The molecule has 19 heavy (non-hydrogen) atoms. The van der Waals surface area contributed by atoms with Crippen molar-refractivity contribution in [2.45, 2.75) is 19.8 Å². The second kappa shape index (κ2) is 4.61. The minimum absolute atomic E-state index is 0.217. The van der Waals surface area contributed by atoms with E-state index >= 15 is 0 Å². The number of hydrogen-bond donors (Lipinski definition) is 0. The van der Waals surface area contributed by atoms with Crippen molar-refractivity contribution in [2.24, 2.45) is 7.05 Å². The number of fused-ring (bicyclic) bond motifs is 2. The lowest BCUT2D eigenvalue weighted by atomic mass is 10.1. The van der Waals surface area contributed by atoms with E-state index in [0.29, 0.717) is 19.6 Å². The summed E-state index contributed by atoms with van der Waals surface area (Å²) in [5.41, 5.74) is 2.30. The zero-order chi connectivity index (χ0) is 13.4. The summed E-state index contributed by atoms with van der Waals surface area (Å²) in [4.78, 5) is 11.1. The van der Waals surface area contributed by atoms with Gasteiger partial charge in [-0.05, 0) is 25.0 Å². The van der Waals surface area contributed by atoms with Crippen molar-refractivity contribution in [1.29, 1.82) is 0 Å². The highest BCUT2D eigenvalue weighted by Gasteiger charge is 2.16. The molecule has 0 saturated carbocycles. The van der Waals surface area contributed by atoms with Gasteiger partial charge < -0.3 is 18.8 Å². The summed E-state index contributed by atoms with van der Waals surface area (Å²) in [6.07, 6.45) is 3.43. The Bertz CT molecular complexity index is 642. The first-order chi connectivity index (χ1) is 9.15. The topological polar surface area (TPSA) is 40.5 Å². The Balaban J connectivity index is 2.06. The van der Waals surface area contributed by atoms with E-state index in [0.717, 1.165) is 28.8 Å². The molecule has 0 radical (unpaired) electrons. The van der Waals surface area contributed by atoms with Crippen LogP contribution in [0, 0.1) is 0 Å². The maximum Gasteiger partial charge on any atom is 0.163 e. The van der Waals surface area contributed by atoms with Crippen LogP contribution < -0.4 is 9.47 Å². The van der Waals surface area contributed by atoms with Crippen LogP contribution >= 0.6 is 0 Å². The van der Waals surface area contributed by atoms with Gasteiger partial charge in [-0.2, -0.15) is 0 Å². The van der Waals surface area contributed by atoms with E-state index in [2.05, 4.69) is 10.8 Å². The first kappa shape index (κ1) is 12.1. The molecule has 0 aliphatic carbocycles. The molecule has 2 aromatic rings. The second-order valence-electron chi connectivity index (χ2n) is 4.98. The molecule has 1 aliphatic rings. The first-order valence-corrected chi connectivity index (χ1v) is 6.52. The number of rotatable bonds is 3. The van der Waals surface area contributed by atoms with E-state index < -0.39 is 0 Å². The molecule has 0 amide bonds. The van der Waals surface area contributed by atoms with Gasteiger partial charge in [0.15, 0.2) is 11.5 Å². The number of ketones is 1. The fraction of sp³-hybridized carbons (Fsp3) is 0.400. The first-order valence-electron chi connectivity index (χ1n) is 6.52. The molecule has 1 aromatic carbocycles. The molecule has 0 N–H and O–H groups in total. The van der Waals surface area contributed by atoms with E-state index in [9.17, 15) is 4.79 Å². The Hall–Kier alpha value is -1.97. The number of nitrogens with zero attached hydrogens (tertiary/aromatic N) is 1. The van der Waals surface area contributed by atoms with Crippen molar-refractivity contribution in [1.82, 2.24) is 4.57 Å². The van der Waals surface area contributed by atoms with E-state index in [1.807, 2.05) is 19.2 Å². The Morgan fingerprint density at radius 3 is 2.63 bits per heavy atom. The van der Waals surface area contributed by atoms with Crippen LogP contribution in [0.1, 0.15) is 18.9 Å². The molecular weight excluding hydrogens is 242 g/mol. The fourth-order valence-corrected chi connectivity index (χ4v) is 2.51. The van der Waals surface area contributed by atoms with Crippen LogP contribution in [0.15, 0.2) is 18.3 Å². The van der Waals surface area contributed by atoms with E-state index in [-0.39, 0.29) is 5.78 Å². The normalized spacial score (nSPS) is 13.8. The number of carbonyl (C=O) groups excluding carboxylic acids is 1. The summed E-state index contributed by atoms with van der Waals surface area (Å²) in [5, 5.41) is 1.15. The lowest BCUT2D eigenvalue weighted by Gasteiger charge is -2.18. The van der Waals surface area contributed by atoms with Crippen LogP contribution in [0.3, 0.4) is 0 Å². The van der Waals surface area contributed by atoms with Gasteiger partial charge in [0.25, 0.3) is 0 Å². The molecule has 0 unspecified atom stereocenters. The monoisotopic (exact) mass is 259 g/mol. The third kappa shape index (κ3) is 2.18. The highest BCUT2D eigenvalue weighted by Crippen LogP contribution is 2.36. The molecule has 4 heteroatoms. The smallest absolute Gasteiger partial charge is 0.163 e. The molecule has 1 aliphatic heterocycles. The van der Waals surface area contributed by atoms with Gasteiger partial charge in [0, 0.05) is 31.1 Å². The Kier molecular flexibility index (Phi) is 2.93. The van der Waals surface area contributed by atoms with Crippen molar-refractivity contribution in [3.63, 3.8) is 0 Å². The predicted molar refractivity (Wildman–Crippen MR) is 72.9 cm³/mol. The lowest BCUT2D eigenvalue weighted by Crippen LogP contribution is -2.15. The average molecular weight is 259 g/mol. The SMILES string of the molecule is CC(=O)CCc1cn(C)c2cc3c(cc12)OCCO3. The van der Waals surface area contributed by atoms with E-state index in [1.54, 1.807) is 6.92 Å². The third-order valence-electron chi connectivity index (χ3n) is 3.48. The van der Waals surface area contributed by atoms with E-state index in [1.165, 1.54) is 5.56 Å². The molecule has 0 atom stereocenters. The molecule has 1 aromatic heterocycles. The maximum absolute atomic E-state index is 11.1. The molecule has 0 saturated heterocycles. The third-order valence-corrected chi connectivity index (χ3v) is 3.48. The minimum Gasteiger partial charge on any atom is -0.486 e. The zero-order valence-electron chi connectivity index (χ0n) is 11.2. The summed E-state index contributed by atoms with van der Waals surface area (Å²) in [6.45, 7) is 2.82. The standard InChI is InChI=1S/C15H17NO3/c1-10(17)3-4-11-9-16(2)13-8-15-14(7-12(11)13)18-5-6-19-15/h7-9H,3-6H2,1-2H3. The highest BCUT2D eigenvalue weighted by molar-refractivity contribution is 5.88. The number of benzene rings is 1. The fourth-order valence-electron chi connectivity index (χ4n) is 2.51. The molecule has 100 valence electrons. The predicted octanol–water partition coefficient (Wildman–Crippen LogP) is 2.47. The van der Waals surface area contributed by atoms with Crippen LogP contribution in [-0.4, -0.2) is 23.6 Å². The largest absolute Gasteiger partial charge is 0.486 e. The Labute approximate surface area is 111 Å². The van der Waals surface area contributed by atoms with Gasteiger partial charge in [-0.25, -0.2) is 0 Å².